The first-order valence-corrected chi connectivity index (χ1v) is 9.84. The van der Waals surface area contributed by atoms with Gasteiger partial charge in [-0.3, -0.25) is 19.2 Å². The number of nitrogens with two attached hydrogens (primary N) is 1. The zero-order valence-corrected chi connectivity index (χ0v) is 17.8. The van der Waals surface area contributed by atoms with Crippen LogP contribution in [0, 0.1) is 0 Å². The molecule has 30 heavy (non-hydrogen) atoms. The van der Waals surface area contributed by atoms with Gasteiger partial charge < -0.3 is 16.4 Å². The van der Waals surface area contributed by atoms with Crippen LogP contribution in [0.1, 0.15) is 39.7 Å². The van der Waals surface area contributed by atoms with Gasteiger partial charge in [0.2, 0.25) is 17.7 Å². The van der Waals surface area contributed by atoms with Crippen LogP contribution in [-0.4, -0.2) is 35.4 Å². The van der Waals surface area contributed by atoms with E-state index in [0.29, 0.717) is 6.54 Å². The number of hydrogen-bond donors (Lipinski definition) is 4. The summed E-state index contributed by atoms with van der Waals surface area (Å²) in [5, 5.41) is 7.50. The molecule has 2 aromatic carbocycles. The van der Waals surface area contributed by atoms with Crippen molar-refractivity contribution in [1.29, 1.82) is 0 Å². The average molecular weight is 415 g/mol. The first-order valence-electron chi connectivity index (χ1n) is 9.84. The van der Waals surface area contributed by atoms with E-state index in [1.54, 1.807) is 27.7 Å². The van der Waals surface area contributed by atoms with Gasteiger partial charge >= 0.3 is 0 Å². The third-order valence-electron chi connectivity index (χ3n) is 4.30. The fourth-order valence-electron chi connectivity index (χ4n) is 2.71. The number of hydrogen-bond acceptors (Lipinski definition) is 5. The van der Waals surface area contributed by atoms with Gasteiger partial charge in [0.1, 0.15) is 6.04 Å². The molecule has 8 heteroatoms. The molecule has 5 N–H and O–H groups in total. The molecule has 0 spiro atoms. The summed E-state index contributed by atoms with van der Waals surface area (Å²) in [5.74, 6) is -1.45. The summed E-state index contributed by atoms with van der Waals surface area (Å²) in [6.45, 7) is 7.22. The van der Waals surface area contributed by atoms with Crippen molar-refractivity contribution in [3.05, 3.63) is 48.0 Å². The Bertz CT molecular complexity index is 902. The molecule has 0 aliphatic rings. The molecule has 0 aliphatic carbocycles. The molecule has 0 saturated heterocycles. The van der Waals surface area contributed by atoms with Crippen molar-refractivity contribution in [2.45, 2.75) is 58.3 Å². The second-order valence-electron chi connectivity index (χ2n) is 8.14. The lowest BCUT2D eigenvalue weighted by atomic mass is 10.0. The van der Waals surface area contributed by atoms with Gasteiger partial charge in [0, 0.05) is 6.54 Å². The minimum Gasteiger partial charge on any atom is -0.350 e. The minimum atomic E-state index is -1.10. The van der Waals surface area contributed by atoms with Crippen molar-refractivity contribution in [3.8, 4) is 0 Å². The van der Waals surface area contributed by atoms with E-state index in [1.165, 1.54) is 0 Å². The van der Waals surface area contributed by atoms with Gasteiger partial charge in [-0.2, -0.15) is 0 Å². The Morgan fingerprint density at radius 1 is 1.03 bits per heavy atom. The highest BCUT2D eigenvalue weighted by Gasteiger charge is 2.23. The highest BCUT2D eigenvalue weighted by Crippen LogP contribution is 2.18. The van der Waals surface area contributed by atoms with Crippen LogP contribution in [0.25, 0.3) is 10.8 Å². The normalized spacial score (nSPS) is 13.4. The van der Waals surface area contributed by atoms with Crippen molar-refractivity contribution in [2.24, 2.45) is 5.73 Å². The fraction of sp³-hybridized carbons (Fsp3) is 0.409. The van der Waals surface area contributed by atoms with E-state index in [1.807, 2.05) is 42.5 Å². The SMILES string of the molecule is CC(NC(=O)C(N)CC(=O)NOC(C)(C)C)C(=O)NCc1cccc2ccccc12. The molecule has 0 aromatic heterocycles. The van der Waals surface area contributed by atoms with E-state index >= 15 is 0 Å². The summed E-state index contributed by atoms with van der Waals surface area (Å²) in [6, 6.07) is 11.9. The number of fused-ring (bicyclic) bond motifs is 1. The molecule has 2 atom stereocenters. The summed E-state index contributed by atoms with van der Waals surface area (Å²) < 4.78 is 0. The average Bonchev–Trinajstić information content (AvgIpc) is 2.69. The van der Waals surface area contributed by atoms with Crippen LogP contribution < -0.4 is 21.8 Å². The Hall–Kier alpha value is -2.97. The number of benzene rings is 2. The molecule has 0 aliphatic heterocycles. The van der Waals surface area contributed by atoms with Crippen LogP contribution in [0.3, 0.4) is 0 Å². The van der Waals surface area contributed by atoms with E-state index in [-0.39, 0.29) is 12.3 Å². The molecule has 2 aromatic rings. The number of carbonyl (C=O) groups excluding carboxylic acids is 3. The summed E-state index contributed by atoms with van der Waals surface area (Å²) in [7, 11) is 0. The molecule has 2 unspecified atom stereocenters. The maximum Gasteiger partial charge on any atom is 0.245 e. The van der Waals surface area contributed by atoms with Crippen LogP contribution in [0.2, 0.25) is 0 Å². The third kappa shape index (κ3) is 7.13. The highest BCUT2D eigenvalue weighted by molar-refractivity contribution is 5.92. The molecular formula is C22H30N4O4. The second-order valence-corrected chi connectivity index (χ2v) is 8.14. The van der Waals surface area contributed by atoms with Gasteiger partial charge in [0.05, 0.1) is 18.1 Å². The molecule has 8 nitrogen and oxygen atoms in total. The molecular weight excluding hydrogens is 384 g/mol. The van der Waals surface area contributed by atoms with Crippen molar-refractivity contribution < 1.29 is 19.2 Å². The molecule has 3 amide bonds. The topological polar surface area (TPSA) is 123 Å². The largest absolute Gasteiger partial charge is 0.350 e. The van der Waals surface area contributed by atoms with Crippen LogP contribution in [0.5, 0.6) is 0 Å². The first kappa shape index (κ1) is 23.3. The Kier molecular flexibility index (Phi) is 7.91. The third-order valence-corrected chi connectivity index (χ3v) is 4.30. The van der Waals surface area contributed by atoms with E-state index in [9.17, 15) is 14.4 Å². The van der Waals surface area contributed by atoms with Gasteiger partial charge in [-0.15, -0.1) is 0 Å². The molecule has 0 bridgehead atoms. The van der Waals surface area contributed by atoms with Gasteiger partial charge in [-0.05, 0) is 44.0 Å². The number of rotatable bonds is 8. The Balaban J connectivity index is 1.83. The van der Waals surface area contributed by atoms with E-state index in [0.717, 1.165) is 16.3 Å². The van der Waals surface area contributed by atoms with Gasteiger partial charge in [0.15, 0.2) is 0 Å². The zero-order valence-electron chi connectivity index (χ0n) is 17.8. The standard InChI is InChI=1S/C22H30N4O4/c1-14(25-21(29)18(23)12-19(27)26-30-22(2,3)4)20(28)24-13-16-10-7-9-15-8-5-6-11-17(15)16/h5-11,14,18H,12-13,23H2,1-4H3,(H,24,28)(H,25,29)(H,26,27). The number of carbonyl (C=O) groups is 3. The van der Waals surface area contributed by atoms with Crippen molar-refractivity contribution >= 4 is 28.5 Å². The molecule has 0 heterocycles. The van der Waals surface area contributed by atoms with Crippen molar-refractivity contribution in [3.63, 3.8) is 0 Å². The number of amides is 3. The lowest BCUT2D eigenvalue weighted by Crippen LogP contribution is -2.51. The smallest absolute Gasteiger partial charge is 0.245 e. The summed E-state index contributed by atoms with van der Waals surface area (Å²) in [5.41, 5.74) is 8.45. The predicted octanol–water partition coefficient (Wildman–Crippen LogP) is 1.52. The highest BCUT2D eigenvalue weighted by atomic mass is 16.7. The summed E-state index contributed by atoms with van der Waals surface area (Å²) in [4.78, 5) is 41.5. The fourth-order valence-corrected chi connectivity index (χ4v) is 2.71. The minimum absolute atomic E-state index is 0.258. The van der Waals surface area contributed by atoms with Crippen molar-refractivity contribution in [1.82, 2.24) is 16.1 Å². The lowest BCUT2D eigenvalue weighted by Gasteiger charge is -2.20. The first-order chi connectivity index (χ1) is 14.1. The Labute approximate surface area is 176 Å². The monoisotopic (exact) mass is 414 g/mol. The van der Waals surface area contributed by atoms with Crippen LogP contribution in [0.4, 0.5) is 0 Å². The van der Waals surface area contributed by atoms with Gasteiger partial charge in [-0.25, -0.2) is 5.48 Å². The van der Waals surface area contributed by atoms with Crippen LogP contribution in [0.15, 0.2) is 42.5 Å². The van der Waals surface area contributed by atoms with Crippen LogP contribution >= 0.6 is 0 Å². The molecule has 2 rings (SSSR count). The molecule has 0 saturated carbocycles. The molecule has 162 valence electrons. The van der Waals surface area contributed by atoms with Gasteiger partial charge in [-0.1, -0.05) is 42.5 Å². The number of nitrogens with one attached hydrogen (secondary N) is 3. The van der Waals surface area contributed by atoms with Gasteiger partial charge in [0.25, 0.3) is 0 Å². The second kappa shape index (κ2) is 10.2. The lowest BCUT2D eigenvalue weighted by molar-refractivity contribution is -0.147. The maximum atomic E-state index is 12.4. The van der Waals surface area contributed by atoms with E-state index in [4.69, 9.17) is 10.6 Å². The summed E-state index contributed by atoms with van der Waals surface area (Å²) >= 11 is 0. The Morgan fingerprint density at radius 2 is 1.70 bits per heavy atom. The zero-order chi connectivity index (χ0) is 22.3. The van der Waals surface area contributed by atoms with Crippen LogP contribution in [-0.2, 0) is 25.8 Å². The van der Waals surface area contributed by atoms with E-state index < -0.39 is 29.5 Å². The summed E-state index contributed by atoms with van der Waals surface area (Å²) in [6.07, 6.45) is -0.258. The Morgan fingerprint density at radius 3 is 2.40 bits per heavy atom. The van der Waals surface area contributed by atoms with Crippen molar-refractivity contribution in [2.75, 3.05) is 0 Å². The number of hydroxylamine groups is 1. The van der Waals surface area contributed by atoms with E-state index in [2.05, 4.69) is 16.1 Å². The molecule has 0 fully saturated rings. The maximum absolute atomic E-state index is 12.4. The molecule has 0 radical (unpaired) electrons. The predicted molar refractivity (Wildman–Crippen MR) is 115 cm³/mol. The quantitative estimate of drug-likeness (QED) is 0.488.